The highest BCUT2D eigenvalue weighted by Gasteiger charge is 2.12. The molecule has 1 aromatic carbocycles. The first-order chi connectivity index (χ1) is 9.52. The molecule has 0 aliphatic carbocycles. The fourth-order valence-corrected chi connectivity index (χ4v) is 2.96. The van der Waals surface area contributed by atoms with Crippen LogP contribution in [-0.2, 0) is 16.6 Å². The first-order valence-electron chi connectivity index (χ1n) is 5.71. The highest BCUT2D eigenvalue weighted by Crippen LogP contribution is 2.22. The lowest BCUT2D eigenvalue weighted by atomic mass is 10.3. The van der Waals surface area contributed by atoms with E-state index >= 15 is 0 Å². The number of nitrogens with two attached hydrogens (primary N) is 1. The Hall–Kier alpha value is -1.90. The number of primary sulfonamides is 1. The van der Waals surface area contributed by atoms with Crippen molar-refractivity contribution >= 4 is 37.3 Å². The molecule has 0 aliphatic heterocycles. The zero-order chi connectivity index (χ0) is 14.2. The minimum Gasteiger partial charge on any atom is -0.446 e. The van der Waals surface area contributed by atoms with Crippen LogP contribution in [0.15, 0.2) is 45.4 Å². The highest BCUT2D eigenvalue weighted by molar-refractivity contribution is 7.89. The molecule has 0 fully saturated rings. The molecule has 0 unspecified atom stereocenters. The van der Waals surface area contributed by atoms with Crippen LogP contribution in [0, 0.1) is 0 Å². The third kappa shape index (κ3) is 2.67. The van der Waals surface area contributed by atoms with E-state index in [-0.39, 0.29) is 5.09 Å². The van der Waals surface area contributed by atoms with E-state index < -0.39 is 10.0 Å². The number of hydrogen-bond acceptors (Lipinski definition) is 6. The summed E-state index contributed by atoms with van der Waals surface area (Å²) < 4.78 is 28.4. The molecule has 8 heteroatoms. The monoisotopic (exact) mass is 309 g/mol. The van der Waals surface area contributed by atoms with Gasteiger partial charge in [-0.05, 0) is 30.3 Å². The van der Waals surface area contributed by atoms with Gasteiger partial charge in [-0.3, -0.25) is 0 Å². The Morgan fingerprint density at radius 3 is 2.90 bits per heavy atom. The van der Waals surface area contributed by atoms with Gasteiger partial charge in [0.2, 0.25) is 5.09 Å². The molecule has 0 atom stereocenters. The van der Waals surface area contributed by atoms with E-state index in [1.807, 2.05) is 18.2 Å². The molecular weight excluding hydrogens is 298 g/mol. The van der Waals surface area contributed by atoms with Crippen molar-refractivity contribution in [2.75, 3.05) is 5.32 Å². The summed E-state index contributed by atoms with van der Waals surface area (Å²) in [6.45, 7) is 0.375. The second-order valence-corrected chi connectivity index (χ2v) is 6.53. The second kappa shape index (κ2) is 4.89. The Kier molecular flexibility index (Phi) is 3.20. The topological polar surface area (TPSA) is 98.2 Å². The number of anilines is 1. The Morgan fingerprint density at radius 1 is 1.30 bits per heavy atom. The molecule has 104 valence electrons. The predicted molar refractivity (Wildman–Crippen MR) is 77.0 cm³/mol. The number of rotatable bonds is 4. The lowest BCUT2D eigenvalue weighted by Gasteiger charge is -2.04. The predicted octanol–water partition coefficient (Wildman–Crippen LogP) is 2.15. The summed E-state index contributed by atoms with van der Waals surface area (Å²) in [7, 11) is -3.79. The maximum absolute atomic E-state index is 11.1. The Labute approximate surface area is 119 Å². The minimum atomic E-state index is -3.79. The standard InChI is InChI=1S/C12H11N3O3S2/c13-20(16,17)12-4-2-9(18-12)6-14-8-1-3-10-11(5-8)19-7-15-10/h1-5,7,14H,6H2,(H2,13,16,17). The Bertz CT molecular complexity index is 852. The van der Waals surface area contributed by atoms with Crippen LogP contribution < -0.4 is 10.5 Å². The lowest BCUT2D eigenvalue weighted by molar-refractivity contribution is 0.419. The molecule has 2 heterocycles. The fraction of sp³-hybridized carbons (Fsp3) is 0.0833. The van der Waals surface area contributed by atoms with Crippen molar-refractivity contribution in [1.82, 2.24) is 4.98 Å². The summed E-state index contributed by atoms with van der Waals surface area (Å²) in [5, 5.41) is 7.91. The van der Waals surface area contributed by atoms with Crippen molar-refractivity contribution in [2.24, 2.45) is 5.14 Å². The van der Waals surface area contributed by atoms with E-state index in [4.69, 9.17) is 9.56 Å². The van der Waals surface area contributed by atoms with Crippen LogP contribution in [0.5, 0.6) is 0 Å². The first-order valence-corrected chi connectivity index (χ1v) is 8.13. The number of aromatic nitrogens is 1. The molecule has 0 saturated carbocycles. The number of fused-ring (bicyclic) bond motifs is 1. The second-order valence-electron chi connectivity index (χ2n) is 4.15. The lowest BCUT2D eigenvalue weighted by Crippen LogP contribution is -2.10. The smallest absolute Gasteiger partial charge is 0.271 e. The summed E-state index contributed by atoms with van der Waals surface area (Å²) in [6.07, 6.45) is 0. The third-order valence-corrected chi connectivity index (χ3v) is 4.29. The van der Waals surface area contributed by atoms with E-state index in [1.165, 1.54) is 6.07 Å². The van der Waals surface area contributed by atoms with Gasteiger partial charge in [-0.25, -0.2) is 18.5 Å². The maximum Gasteiger partial charge on any atom is 0.271 e. The van der Waals surface area contributed by atoms with E-state index in [1.54, 1.807) is 22.9 Å². The summed E-state index contributed by atoms with van der Waals surface area (Å²) in [5.41, 5.74) is 3.66. The number of nitrogens with one attached hydrogen (secondary N) is 1. The molecule has 0 saturated heterocycles. The van der Waals surface area contributed by atoms with Crippen LogP contribution in [-0.4, -0.2) is 13.4 Å². The van der Waals surface area contributed by atoms with Crippen LogP contribution in [0.4, 0.5) is 5.69 Å². The number of hydrogen-bond donors (Lipinski definition) is 2. The number of benzene rings is 1. The van der Waals surface area contributed by atoms with Crippen molar-refractivity contribution in [3.63, 3.8) is 0 Å². The van der Waals surface area contributed by atoms with Gasteiger partial charge in [-0.2, -0.15) is 0 Å². The zero-order valence-electron chi connectivity index (χ0n) is 10.2. The molecule has 0 bridgehead atoms. The molecule has 0 spiro atoms. The van der Waals surface area contributed by atoms with Crippen LogP contribution in [0.1, 0.15) is 5.76 Å². The van der Waals surface area contributed by atoms with Gasteiger partial charge >= 0.3 is 0 Å². The molecule has 3 N–H and O–H groups in total. The van der Waals surface area contributed by atoms with E-state index in [2.05, 4.69) is 10.3 Å². The quantitative estimate of drug-likeness (QED) is 0.769. The number of sulfonamides is 1. The molecule has 0 radical (unpaired) electrons. The molecular formula is C12H11N3O3S2. The molecule has 3 rings (SSSR count). The first kappa shape index (κ1) is 13.1. The highest BCUT2D eigenvalue weighted by atomic mass is 32.2. The van der Waals surface area contributed by atoms with Gasteiger partial charge in [0.1, 0.15) is 5.76 Å². The number of thiazole rings is 1. The van der Waals surface area contributed by atoms with Crippen molar-refractivity contribution in [1.29, 1.82) is 0 Å². The van der Waals surface area contributed by atoms with Gasteiger partial charge in [0.05, 0.1) is 22.3 Å². The van der Waals surface area contributed by atoms with Crippen molar-refractivity contribution in [3.8, 4) is 0 Å². The SMILES string of the molecule is NS(=O)(=O)c1ccc(CNc2ccc3ncsc3c2)o1. The van der Waals surface area contributed by atoms with E-state index in [0.717, 1.165) is 15.9 Å². The van der Waals surface area contributed by atoms with E-state index in [9.17, 15) is 8.42 Å². The van der Waals surface area contributed by atoms with Gasteiger partial charge in [0.15, 0.2) is 0 Å². The average molecular weight is 309 g/mol. The molecule has 0 amide bonds. The normalized spacial score (nSPS) is 11.8. The molecule has 3 aromatic rings. The van der Waals surface area contributed by atoms with Crippen molar-refractivity contribution in [2.45, 2.75) is 11.6 Å². The third-order valence-electron chi connectivity index (χ3n) is 2.72. The van der Waals surface area contributed by atoms with Gasteiger partial charge < -0.3 is 9.73 Å². The van der Waals surface area contributed by atoms with Gasteiger partial charge in [-0.1, -0.05) is 0 Å². The van der Waals surface area contributed by atoms with Crippen LogP contribution in [0.25, 0.3) is 10.2 Å². The Morgan fingerprint density at radius 2 is 2.15 bits per heavy atom. The fourth-order valence-electron chi connectivity index (χ4n) is 1.76. The van der Waals surface area contributed by atoms with Crippen LogP contribution in [0.2, 0.25) is 0 Å². The van der Waals surface area contributed by atoms with Gasteiger partial charge in [-0.15, -0.1) is 11.3 Å². The summed E-state index contributed by atoms with van der Waals surface area (Å²) in [4.78, 5) is 4.20. The largest absolute Gasteiger partial charge is 0.446 e. The maximum atomic E-state index is 11.1. The molecule has 0 aliphatic rings. The summed E-state index contributed by atoms with van der Waals surface area (Å²) >= 11 is 1.56. The Balaban J connectivity index is 1.74. The number of furan rings is 1. The molecule has 2 aromatic heterocycles. The summed E-state index contributed by atoms with van der Waals surface area (Å²) in [5.74, 6) is 0.499. The molecule has 6 nitrogen and oxygen atoms in total. The minimum absolute atomic E-state index is 0.229. The van der Waals surface area contributed by atoms with Gasteiger partial charge in [0, 0.05) is 5.69 Å². The van der Waals surface area contributed by atoms with Crippen molar-refractivity contribution < 1.29 is 12.8 Å². The zero-order valence-corrected chi connectivity index (χ0v) is 11.9. The van der Waals surface area contributed by atoms with Crippen LogP contribution >= 0.6 is 11.3 Å². The van der Waals surface area contributed by atoms with Crippen molar-refractivity contribution in [3.05, 3.63) is 41.6 Å². The summed E-state index contributed by atoms with van der Waals surface area (Å²) in [6, 6.07) is 8.74. The number of nitrogens with zero attached hydrogens (tertiary/aromatic N) is 1. The van der Waals surface area contributed by atoms with E-state index in [0.29, 0.717) is 12.3 Å². The van der Waals surface area contributed by atoms with Crippen LogP contribution in [0.3, 0.4) is 0 Å². The average Bonchev–Trinajstić information content (AvgIpc) is 3.04. The van der Waals surface area contributed by atoms with Gasteiger partial charge in [0.25, 0.3) is 10.0 Å². The molecule has 20 heavy (non-hydrogen) atoms.